The van der Waals surface area contributed by atoms with E-state index in [4.69, 9.17) is 11.6 Å². The van der Waals surface area contributed by atoms with Crippen molar-refractivity contribution in [3.63, 3.8) is 0 Å². The lowest BCUT2D eigenvalue weighted by Gasteiger charge is -2.03. The van der Waals surface area contributed by atoms with Gasteiger partial charge in [0.2, 0.25) is 0 Å². The molecule has 3 nitrogen and oxygen atoms in total. The Hall–Kier alpha value is -1.61. The number of hydrogen-bond donors (Lipinski definition) is 1. The molecule has 0 radical (unpaired) electrons. The number of nitrogens with zero attached hydrogens (tertiary/aromatic N) is 1. The van der Waals surface area contributed by atoms with E-state index in [-0.39, 0.29) is 5.56 Å². The lowest BCUT2D eigenvalue weighted by Crippen LogP contribution is -2.11. The fraction of sp³-hybridized carbons (Fsp3) is 0.167. The van der Waals surface area contributed by atoms with Crippen LogP contribution in [-0.2, 0) is 0 Å². The molecular formula is C12H11ClN2O. The van der Waals surface area contributed by atoms with Crippen LogP contribution in [0.25, 0.3) is 16.5 Å². The van der Waals surface area contributed by atoms with Crippen LogP contribution in [0.3, 0.4) is 0 Å². The topological polar surface area (TPSA) is 45.8 Å². The van der Waals surface area contributed by atoms with Crippen LogP contribution in [-0.4, -0.2) is 9.97 Å². The molecule has 1 heterocycles. The summed E-state index contributed by atoms with van der Waals surface area (Å²) in [6.45, 7) is 5.81. The van der Waals surface area contributed by atoms with Crippen LogP contribution in [0.15, 0.2) is 29.6 Å². The lowest BCUT2D eigenvalue weighted by molar-refractivity contribution is 1.08. The maximum absolute atomic E-state index is 11.8. The molecule has 1 aromatic carbocycles. The van der Waals surface area contributed by atoms with Gasteiger partial charge in [0, 0.05) is 5.02 Å². The Morgan fingerprint density at radius 3 is 3.00 bits per heavy atom. The van der Waals surface area contributed by atoms with Crippen molar-refractivity contribution in [2.24, 2.45) is 0 Å². The van der Waals surface area contributed by atoms with Crippen molar-refractivity contribution in [2.45, 2.75) is 13.3 Å². The van der Waals surface area contributed by atoms with Gasteiger partial charge in [0.15, 0.2) is 0 Å². The van der Waals surface area contributed by atoms with E-state index in [2.05, 4.69) is 16.5 Å². The van der Waals surface area contributed by atoms with Gasteiger partial charge in [0.05, 0.1) is 10.9 Å². The summed E-state index contributed by atoms with van der Waals surface area (Å²) in [6.07, 6.45) is 0.745. The van der Waals surface area contributed by atoms with E-state index in [0.29, 0.717) is 21.7 Å². The van der Waals surface area contributed by atoms with Gasteiger partial charge < -0.3 is 4.98 Å². The van der Waals surface area contributed by atoms with E-state index in [9.17, 15) is 4.79 Å². The van der Waals surface area contributed by atoms with Crippen molar-refractivity contribution >= 4 is 28.1 Å². The van der Waals surface area contributed by atoms with E-state index in [1.165, 1.54) is 0 Å². The molecule has 0 atom stereocenters. The normalized spacial score (nSPS) is 10.6. The monoisotopic (exact) mass is 234 g/mol. The van der Waals surface area contributed by atoms with Crippen LogP contribution in [0.5, 0.6) is 0 Å². The van der Waals surface area contributed by atoms with Gasteiger partial charge >= 0.3 is 0 Å². The minimum atomic E-state index is -0.161. The average molecular weight is 235 g/mol. The predicted molar refractivity (Wildman–Crippen MR) is 66.7 cm³/mol. The number of halogens is 1. The van der Waals surface area contributed by atoms with E-state index in [0.717, 1.165) is 12.0 Å². The van der Waals surface area contributed by atoms with Crippen molar-refractivity contribution in [1.29, 1.82) is 0 Å². The second kappa shape index (κ2) is 4.10. The van der Waals surface area contributed by atoms with Crippen molar-refractivity contribution in [2.75, 3.05) is 0 Å². The van der Waals surface area contributed by atoms with Gasteiger partial charge in [-0.3, -0.25) is 4.79 Å². The van der Waals surface area contributed by atoms with Gasteiger partial charge in [0.1, 0.15) is 5.82 Å². The van der Waals surface area contributed by atoms with Gasteiger partial charge in [-0.1, -0.05) is 25.1 Å². The van der Waals surface area contributed by atoms with Crippen LogP contribution < -0.4 is 5.56 Å². The molecule has 82 valence electrons. The average Bonchev–Trinajstić information content (AvgIpc) is 2.27. The summed E-state index contributed by atoms with van der Waals surface area (Å²) in [5, 5.41) is 1.11. The van der Waals surface area contributed by atoms with E-state index < -0.39 is 0 Å². The molecule has 0 aliphatic rings. The molecule has 2 rings (SSSR count). The standard InChI is InChI=1S/C12H11ClN2O/c1-3-7(2)11-14-10-6-8(13)4-5-9(10)12(16)15-11/h4-6H,2-3H2,1H3,(H,14,15,16). The number of hydrogen-bond acceptors (Lipinski definition) is 2. The zero-order valence-electron chi connectivity index (χ0n) is 8.88. The minimum absolute atomic E-state index is 0.161. The van der Waals surface area contributed by atoms with Gasteiger partial charge in [-0.25, -0.2) is 4.98 Å². The summed E-state index contributed by atoms with van der Waals surface area (Å²) < 4.78 is 0. The van der Waals surface area contributed by atoms with Crippen LogP contribution in [0.1, 0.15) is 19.2 Å². The summed E-state index contributed by atoms with van der Waals surface area (Å²) in [7, 11) is 0. The number of aromatic nitrogens is 2. The van der Waals surface area contributed by atoms with Crippen molar-refractivity contribution < 1.29 is 0 Å². The molecule has 0 amide bonds. The number of benzene rings is 1. The fourth-order valence-electron chi connectivity index (χ4n) is 1.45. The fourth-order valence-corrected chi connectivity index (χ4v) is 1.61. The van der Waals surface area contributed by atoms with Crippen LogP contribution in [0, 0.1) is 0 Å². The Balaban J connectivity index is 2.75. The Kier molecular flexibility index (Phi) is 2.79. The maximum Gasteiger partial charge on any atom is 0.259 e. The Morgan fingerprint density at radius 1 is 1.56 bits per heavy atom. The molecule has 0 unspecified atom stereocenters. The highest BCUT2D eigenvalue weighted by Gasteiger charge is 2.05. The SMILES string of the molecule is C=C(CC)c1nc2cc(Cl)ccc2c(=O)[nH]1. The number of aromatic amines is 1. The first-order valence-corrected chi connectivity index (χ1v) is 5.37. The van der Waals surface area contributed by atoms with Crippen molar-refractivity contribution in [3.8, 4) is 0 Å². The Bertz CT molecular complexity index is 616. The first-order chi connectivity index (χ1) is 7.61. The first-order valence-electron chi connectivity index (χ1n) is 4.99. The lowest BCUT2D eigenvalue weighted by atomic mass is 10.2. The van der Waals surface area contributed by atoms with Gasteiger partial charge in [-0.2, -0.15) is 0 Å². The van der Waals surface area contributed by atoms with E-state index >= 15 is 0 Å². The molecule has 0 aliphatic heterocycles. The van der Waals surface area contributed by atoms with E-state index in [1.807, 2.05) is 6.92 Å². The Labute approximate surface area is 97.8 Å². The number of allylic oxidation sites excluding steroid dienone is 1. The minimum Gasteiger partial charge on any atom is -0.306 e. The number of nitrogens with one attached hydrogen (secondary N) is 1. The highest BCUT2D eigenvalue weighted by atomic mass is 35.5. The molecule has 16 heavy (non-hydrogen) atoms. The highest BCUT2D eigenvalue weighted by Crippen LogP contribution is 2.17. The predicted octanol–water partition coefficient (Wildman–Crippen LogP) is 3.00. The zero-order valence-corrected chi connectivity index (χ0v) is 9.64. The molecule has 1 aromatic heterocycles. The molecule has 0 aliphatic carbocycles. The number of rotatable bonds is 2. The summed E-state index contributed by atoms with van der Waals surface area (Å²) in [5.41, 5.74) is 1.24. The van der Waals surface area contributed by atoms with Crippen molar-refractivity contribution in [1.82, 2.24) is 9.97 Å². The second-order valence-corrected chi connectivity index (χ2v) is 3.97. The van der Waals surface area contributed by atoms with Gasteiger partial charge in [-0.15, -0.1) is 0 Å². The summed E-state index contributed by atoms with van der Waals surface area (Å²) in [6, 6.07) is 5.02. The number of H-pyrrole nitrogens is 1. The summed E-state index contributed by atoms with van der Waals surface area (Å²) in [4.78, 5) is 18.8. The third-order valence-electron chi connectivity index (χ3n) is 2.43. The molecule has 2 aromatic rings. The van der Waals surface area contributed by atoms with Gasteiger partial charge in [0.25, 0.3) is 5.56 Å². The molecular weight excluding hydrogens is 224 g/mol. The molecule has 0 spiro atoms. The first kappa shape index (κ1) is 10.9. The van der Waals surface area contributed by atoms with Crippen molar-refractivity contribution in [3.05, 3.63) is 46.0 Å². The van der Waals surface area contributed by atoms with Crippen LogP contribution in [0.4, 0.5) is 0 Å². The molecule has 0 saturated heterocycles. The molecule has 0 saturated carbocycles. The van der Waals surface area contributed by atoms with Crippen LogP contribution in [0.2, 0.25) is 5.02 Å². The zero-order chi connectivity index (χ0) is 11.7. The Morgan fingerprint density at radius 2 is 2.31 bits per heavy atom. The molecule has 0 bridgehead atoms. The van der Waals surface area contributed by atoms with Crippen LogP contribution >= 0.6 is 11.6 Å². The quantitative estimate of drug-likeness (QED) is 0.868. The molecule has 1 N–H and O–H groups in total. The highest BCUT2D eigenvalue weighted by molar-refractivity contribution is 6.31. The molecule has 0 fully saturated rings. The van der Waals surface area contributed by atoms with Gasteiger partial charge in [-0.05, 0) is 30.2 Å². The number of fused-ring (bicyclic) bond motifs is 1. The summed E-state index contributed by atoms with van der Waals surface area (Å²) >= 11 is 5.86. The molecule has 4 heteroatoms. The third-order valence-corrected chi connectivity index (χ3v) is 2.67. The smallest absolute Gasteiger partial charge is 0.259 e. The maximum atomic E-state index is 11.8. The second-order valence-electron chi connectivity index (χ2n) is 3.53. The third kappa shape index (κ3) is 1.86. The largest absolute Gasteiger partial charge is 0.306 e. The summed E-state index contributed by atoms with van der Waals surface area (Å²) in [5.74, 6) is 0.530. The van der Waals surface area contributed by atoms with E-state index in [1.54, 1.807) is 18.2 Å².